The van der Waals surface area contributed by atoms with Crippen LogP contribution in [0.5, 0.6) is 5.75 Å². The molecule has 0 atom stereocenters. The third-order valence-corrected chi connectivity index (χ3v) is 4.74. The second-order valence-electron chi connectivity index (χ2n) is 4.61. The molecule has 0 saturated heterocycles. The summed E-state index contributed by atoms with van der Waals surface area (Å²) in [6.45, 7) is 3.83. The van der Waals surface area contributed by atoms with Crippen molar-refractivity contribution in [3.05, 3.63) is 52.3 Å². The molecule has 2 aromatic rings. The number of aryl methyl sites for hydroxylation is 1. The molecule has 2 aromatic carbocycles. The molecule has 0 saturated carbocycles. The van der Waals surface area contributed by atoms with Gasteiger partial charge in [-0.1, -0.05) is 22.0 Å². The van der Waals surface area contributed by atoms with Crippen molar-refractivity contribution in [3.63, 3.8) is 0 Å². The first-order chi connectivity index (χ1) is 10.3. The van der Waals surface area contributed by atoms with Crippen molar-refractivity contribution < 1.29 is 17.5 Å². The number of hydrogen-bond acceptors (Lipinski definition) is 3. The number of ether oxygens (including phenoxy) is 1. The van der Waals surface area contributed by atoms with Crippen molar-refractivity contribution in [3.8, 4) is 5.75 Å². The van der Waals surface area contributed by atoms with Gasteiger partial charge in [-0.05, 0) is 49.7 Å². The van der Waals surface area contributed by atoms with Crippen molar-refractivity contribution >= 4 is 31.6 Å². The van der Waals surface area contributed by atoms with E-state index >= 15 is 0 Å². The molecule has 2 rings (SSSR count). The standard InChI is InChI=1S/C15H15BrFNO3S/c1-3-21-14-7-5-11(16)9-15(14)22(19,20)18-13-8-10(2)4-6-12(13)17/h4-9,18H,3H2,1-2H3. The summed E-state index contributed by atoms with van der Waals surface area (Å²) in [6, 6.07) is 8.87. The zero-order valence-corrected chi connectivity index (χ0v) is 14.5. The highest BCUT2D eigenvalue weighted by Crippen LogP contribution is 2.30. The van der Waals surface area contributed by atoms with Crippen LogP contribution in [0.25, 0.3) is 0 Å². The number of sulfonamides is 1. The molecule has 118 valence electrons. The lowest BCUT2D eigenvalue weighted by Gasteiger charge is -2.13. The highest BCUT2D eigenvalue weighted by molar-refractivity contribution is 9.10. The molecule has 0 spiro atoms. The fraction of sp³-hybridized carbons (Fsp3) is 0.200. The van der Waals surface area contributed by atoms with Crippen molar-refractivity contribution in [1.29, 1.82) is 0 Å². The normalized spacial score (nSPS) is 11.3. The highest BCUT2D eigenvalue weighted by Gasteiger charge is 2.21. The smallest absolute Gasteiger partial charge is 0.265 e. The number of rotatable bonds is 5. The molecule has 0 radical (unpaired) electrons. The lowest BCUT2D eigenvalue weighted by molar-refractivity contribution is 0.331. The number of benzene rings is 2. The van der Waals surface area contributed by atoms with E-state index in [0.717, 1.165) is 5.56 Å². The Morgan fingerprint density at radius 1 is 1.23 bits per heavy atom. The van der Waals surface area contributed by atoms with E-state index in [1.54, 1.807) is 32.0 Å². The zero-order chi connectivity index (χ0) is 16.3. The number of halogens is 2. The number of hydrogen-bond donors (Lipinski definition) is 1. The van der Waals surface area contributed by atoms with E-state index in [2.05, 4.69) is 20.7 Å². The molecule has 0 fully saturated rings. The molecule has 0 heterocycles. The molecule has 0 unspecified atom stereocenters. The molecule has 1 N–H and O–H groups in total. The van der Waals surface area contributed by atoms with Crippen LogP contribution in [-0.4, -0.2) is 15.0 Å². The summed E-state index contributed by atoms with van der Waals surface area (Å²) in [6.07, 6.45) is 0. The second-order valence-corrected chi connectivity index (χ2v) is 7.18. The maximum absolute atomic E-state index is 13.8. The molecule has 0 aliphatic rings. The van der Waals surface area contributed by atoms with Crippen LogP contribution in [0.4, 0.5) is 10.1 Å². The molecule has 7 heteroatoms. The molecule has 0 aliphatic carbocycles. The lowest BCUT2D eigenvalue weighted by Crippen LogP contribution is -2.15. The number of anilines is 1. The van der Waals surface area contributed by atoms with Crippen LogP contribution in [0.15, 0.2) is 45.8 Å². The SMILES string of the molecule is CCOc1ccc(Br)cc1S(=O)(=O)Nc1cc(C)ccc1F. The van der Waals surface area contributed by atoms with Crippen LogP contribution in [0.1, 0.15) is 12.5 Å². The molecular weight excluding hydrogens is 373 g/mol. The van der Waals surface area contributed by atoms with E-state index < -0.39 is 15.8 Å². The lowest BCUT2D eigenvalue weighted by atomic mass is 10.2. The van der Waals surface area contributed by atoms with Gasteiger partial charge in [0.2, 0.25) is 0 Å². The summed E-state index contributed by atoms with van der Waals surface area (Å²) in [5, 5.41) is 0. The molecule has 22 heavy (non-hydrogen) atoms. The Balaban J connectivity index is 2.46. The summed E-state index contributed by atoms with van der Waals surface area (Å²) in [5.74, 6) is -0.423. The van der Waals surface area contributed by atoms with Gasteiger partial charge in [0.05, 0.1) is 12.3 Å². The summed E-state index contributed by atoms with van der Waals surface area (Å²) < 4.78 is 47.0. The van der Waals surface area contributed by atoms with Gasteiger partial charge in [-0.2, -0.15) is 0 Å². The van der Waals surface area contributed by atoms with Gasteiger partial charge >= 0.3 is 0 Å². The van der Waals surface area contributed by atoms with Crippen molar-refractivity contribution in [2.75, 3.05) is 11.3 Å². The first-order valence-corrected chi connectivity index (χ1v) is 8.82. The Morgan fingerprint density at radius 2 is 1.95 bits per heavy atom. The van der Waals surface area contributed by atoms with Crippen molar-refractivity contribution in [2.24, 2.45) is 0 Å². The van der Waals surface area contributed by atoms with Gasteiger partial charge in [0.15, 0.2) is 0 Å². The van der Waals surface area contributed by atoms with E-state index in [1.807, 2.05) is 0 Å². The first kappa shape index (κ1) is 16.8. The van der Waals surface area contributed by atoms with Gasteiger partial charge in [-0.3, -0.25) is 4.72 Å². The minimum Gasteiger partial charge on any atom is -0.492 e. The number of nitrogens with one attached hydrogen (secondary N) is 1. The Hall–Kier alpha value is -1.60. The Bertz CT molecular complexity index is 793. The minimum absolute atomic E-state index is 0.0513. The van der Waals surface area contributed by atoms with Gasteiger partial charge in [0.25, 0.3) is 10.0 Å². The largest absolute Gasteiger partial charge is 0.492 e. The maximum atomic E-state index is 13.8. The summed E-state index contributed by atoms with van der Waals surface area (Å²) >= 11 is 3.23. The maximum Gasteiger partial charge on any atom is 0.265 e. The molecule has 0 aromatic heterocycles. The Labute approximate surface area is 137 Å². The van der Waals surface area contributed by atoms with Crippen LogP contribution in [-0.2, 0) is 10.0 Å². The second kappa shape index (κ2) is 6.66. The topological polar surface area (TPSA) is 55.4 Å². The minimum atomic E-state index is -3.97. The van der Waals surface area contributed by atoms with Crippen LogP contribution < -0.4 is 9.46 Å². The average molecular weight is 388 g/mol. The molecule has 0 bridgehead atoms. The first-order valence-electron chi connectivity index (χ1n) is 6.55. The quantitative estimate of drug-likeness (QED) is 0.839. The Kier molecular flexibility index (Phi) is 5.08. The average Bonchev–Trinajstić information content (AvgIpc) is 2.45. The Morgan fingerprint density at radius 3 is 2.64 bits per heavy atom. The predicted molar refractivity (Wildman–Crippen MR) is 87.3 cm³/mol. The van der Waals surface area contributed by atoms with Crippen LogP contribution >= 0.6 is 15.9 Å². The van der Waals surface area contributed by atoms with Gasteiger partial charge in [-0.25, -0.2) is 12.8 Å². The van der Waals surface area contributed by atoms with Crippen LogP contribution in [0.3, 0.4) is 0 Å². The monoisotopic (exact) mass is 387 g/mol. The van der Waals surface area contributed by atoms with Crippen LogP contribution in [0, 0.1) is 12.7 Å². The summed E-state index contributed by atoms with van der Waals surface area (Å²) in [4.78, 5) is -0.0513. The van der Waals surface area contributed by atoms with Crippen molar-refractivity contribution in [1.82, 2.24) is 0 Å². The van der Waals surface area contributed by atoms with E-state index in [4.69, 9.17) is 4.74 Å². The molecule has 0 amide bonds. The molecule has 0 aliphatic heterocycles. The van der Waals surface area contributed by atoms with E-state index in [-0.39, 0.29) is 16.3 Å². The van der Waals surface area contributed by atoms with Gasteiger partial charge < -0.3 is 4.74 Å². The van der Waals surface area contributed by atoms with Gasteiger partial charge in [0, 0.05) is 4.47 Å². The van der Waals surface area contributed by atoms with Crippen molar-refractivity contribution in [2.45, 2.75) is 18.7 Å². The van der Waals surface area contributed by atoms with E-state index in [0.29, 0.717) is 11.1 Å². The predicted octanol–water partition coefficient (Wildman–Crippen LogP) is 4.10. The van der Waals surface area contributed by atoms with Crippen LogP contribution in [0.2, 0.25) is 0 Å². The zero-order valence-electron chi connectivity index (χ0n) is 12.1. The fourth-order valence-corrected chi connectivity index (χ4v) is 3.63. The van der Waals surface area contributed by atoms with E-state index in [9.17, 15) is 12.8 Å². The fourth-order valence-electron chi connectivity index (χ4n) is 1.88. The van der Waals surface area contributed by atoms with Gasteiger partial charge in [-0.15, -0.1) is 0 Å². The van der Waals surface area contributed by atoms with E-state index in [1.165, 1.54) is 18.2 Å². The summed E-state index contributed by atoms with van der Waals surface area (Å²) in [7, 11) is -3.97. The molecule has 4 nitrogen and oxygen atoms in total. The van der Waals surface area contributed by atoms with Gasteiger partial charge in [0.1, 0.15) is 16.5 Å². The molecular formula is C15H15BrFNO3S. The highest BCUT2D eigenvalue weighted by atomic mass is 79.9. The third-order valence-electron chi connectivity index (χ3n) is 2.86. The summed E-state index contributed by atoms with van der Waals surface area (Å²) in [5.41, 5.74) is 0.654. The third kappa shape index (κ3) is 3.78.